The molecule has 1 aliphatic heterocycles. The van der Waals surface area contributed by atoms with E-state index in [-0.39, 0.29) is 17.4 Å². The predicted octanol–water partition coefficient (Wildman–Crippen LogP) is 1.62. The SMILES string of the molecule is CC(C)CS(=O)(=O)Nc1ccc(N2CCCS2(=O)=O)cc1. The molecular weight excluding hydrogens is 312 g/mol. The molecule has 1 saturated heterocycles. The second-order valence-corrected chi connectivity index (χ2v) is 9.35. The largest absolute Gasteiger partial charge is 0.284 e. The summed E-state index contributed by atoms with van der Waals surface area (Å²) in [6, 6.07) is 6.41. The van der Waals surface area contributed by atoms with Crippen LogP contribution in [-0.2, 0) is 20.0 Å². The summed E-state index contributed by atoms with van der Waals surface area (Å²) >= 11 is 0. The lowest BCUT2D eigenvalue weighted by Gasteiger charge is -2.17. The minimum atomic E-state index is -3.37. The third kappa shape index (κ3) is 4.10. The lowest BCUT2D eigenvalue weighted by molar-refractivity contribution is 0.587. The van der Waals surface area contributed by atoms with E-state index < -0.39 is 20.0 Å². The van der Waals surface area contributed by atoms with Gasteiger partial charge >= 0.3 is 0 Å². The number of nitrogens with one attached hydrogen (secondary N) is 1. The Kier molecular flexibility index (Phi) is 4.48. The third-order valence-electron chi connectivity index (χ3n) is 3.08. The Balaban J connectivity index is 2.13. The van der Waals surface area contributed by atoms with Crippen LogP contribution in [-0.4, -0.2) is 34.9 Å². The zero-order valence-electron chi connectivity index (χ0n) is 12.1. The minimum absolute atomic E-state index is 0.0384. The van der Waals surface area contributed by atoms with Crippen LogP contribution in [0, 0.1) is 5.92 Å². The highest BCUT2D eigenvalue weighted by molar-refractivity contribution is 7.93. The first-order chi connectivity index (χ1) is 9.70. The molecule has 0 aliphatic carbocycles. The Labute approximate surface area is 126 Å². The molecule has 1 aliphatic rings. The van der Waals surface area contributed by atoms with Gasteiger partial charge in [-0.3, -0.25) is 9.03 Å². The summed E-state index contributed by atoms with van der Waals surface area (Å²) in [5, 5.41) is 0. The van der Waals surface area contributed by atoms with E-state index in [0.717, 1.165) is 0 Å². The van der Waals surface area contributed by atoms with E-state index in [9.17, 15) is 16.8 Å². The van der Waals surface area contributed by atoms with E-state index in [2.05, 4.69) is 4.72 Å². The van der Waals surface area contributed by atoms with Crippen molar-refractivity contribution < 1.29 is 16.8 Å². The number of benzene rings is 1. The Morgan fingerprint density at radius 1 is 1.24 bits per heavy atom. The molecule has 1 aromatic carbocycles. The first kappa shape index (κ1) is 16.1. The molecule has 0 atom stereocenters. The molecule has 21 heavy (non-hydrogen) atoms. The molecule has 0 unspecified atom stereocenters. The molecule has 1 aromatic rings. The van der Waals surface area contributed by atoms with Gasteiger partial charge in [-0.2, -0.15) is 0 Å². The van der Waals surface area contributed by atoms with Gasteiger partial charge in [-0.05, 0) is 36.6 Å². The molecule has 0 aromatic heterocycles. The fraction of sp³-hybridized carbons (Fsp3) is 0.538. The molecular formula is C13H20N2O4S2. The van der Waals surface area contributed by atoms with Crippen LogP contribution < -0.4 is 9.03 Å². The molecule has 0 amide bonds. The summed E-state index contributed by atoms with van der Waals surface area (Å²) in [5.41, 5.74) is 1.01. The van der Waals surface area contributed by atoms with Crippen LogP contribution in [0.15, 0.2) is 24.3 Å². The van der Waals surface area contributed by atoms with Crippen LogP contribution in [0.3, 0.4) is 0 Å². The number of nitrogens with zero attached hydrogens (tertiary/aromatic N) is 1. The molecule has 8 heteroatoms. The van der Waals surface area contributed by atoms with Gasteiger partial charge in [-0.1, -0.05) is 13.8 Å². The first-order valence-corrected chi connectivity index (χ1v) is 10.1. The smallest absolute Gasteiger partial charge is 0.235 e. The lowest BCUT2D eigenvalue weighted by Crippen LogP contribution is -2.25. The number of hydrogen-bond acceptors (Lipinski definition) is 4. The number of rotatable bonds is 5. The van der Waals surface area contributed by atoms with E-state index in [1.165, 1.54) is 4.31 Å². The summed E-state index contributed by atoms with van der Waals surface area (Å²) < 4.78 is 51.2. The molecule has 0 spiro atoms. The summed E-state index contributed by atoms with van der Waals surface area (Å²) in [5.74, 6) is 0.252. The monoisotopic (exact) mass is 332 g/mol. The van der Waals surface area contributed by atoms with Crippen molar-refractivity contribution in [3.05, 3.63) is 24.3 Å². The van der Waals surface area contributed by atoms with Gasteiger partial charge < -0.3 is 0 Å². The van der Waals surface area contributed by atoms with Crippen molar-refractivity contribution >= 4 is 31.4 Å². The van der Waals surface area contributed by atoms with Gasteiger partial charge in [-0.15, -0.1) is 0 Å². The van der Waals surface area contributed by atoms with Crippen molar-refractivity contribution in [3.8, 4) is 0 Å². The first-order valence-electron chi connectivity index (χ1n) is 6.80. The molecule has 6 nitrogen and oxygen atoms in total. The second kappa shape index (κ2) is 5.84. The molecule has 1 N–H and O–H groups in total. The molecule has 1 fully saturated rings. The summed E-state index contributed by atoms with van der Waals surface area (Å²) in [4.78, 5) is 0. The molecule has 0 saturated carbocycles. The molecule has 0 radical (unpaired) electrons. The van der Waals surface area contributed by atoms with Crippen molar-refractivity contribution in [1.29, 1.82) is 0 Å². The predicted molar refractivity (Wildman–Crippen MR) is 84.4 cm³/mol. The van der Waals surface area contributed by atoms with E-state index >= 15 is 0 Å². The number of anilines is 2. The van der Waals surface area contributed by atoms with Gasteiger partial charge in [-0.25, -0.2) is 16.8 Å². The zero-order chi connectivity index (χ0) is 15.7. The van der Waals surface area contributed by atoms with Gasteiger partial charge in [0.15, 0.2) is 0 Å². The highest BCUT2D eigenvalue weighted by atomic mass is 32.2. The highest BCUT2D eigenvalue weighted by Gasteiger charge is 2.28. The molecule has 2 rings (SSSR count). The zero-order valence-corrected chi connectivity index (χ0v) is 13.7. The number of hydrogen-bond donors (Lipinski definition) is 1. The maximum atomic E-state index is 11.8. The third-order valence-corrected chi connectivity index (χ3v) is 6.60. The van der Waals surface area contributed by atoms with Crippen LogP contribution >= 0.6 is 0 Å². The van der Waals surface area contributed by atoms with Gasteiger partial charge in [0.05, 0.1) is 17.2 Å². The topological polar surface area (TPSA) is 83.6 Å². The van der Waals surface area contributed by atoms with Crippen LogP contribution in [0.1, 0.15) is 20.3 Å². The second-order valence-electron chi connectivity index (χ2n) is 5.57. The molecule has 118 valence electrons. The lowest BCUT2D eigenvalue weighted by atomic mass is 10.3. The Bertz CT molecular complexity index is 694. The fourth-order valence-electron chi connectivity index (χ4n) is 2.29. The summed E-state index contributed by atoms with van der Waals surface area (Å²) in [6.07, 6.45) is 0.616. The standard InChI is InChI=1S/C13H20N2O4S2/c1-11(2)10-20(16,17)14-12-4-6-13(7-5-12)15-8-3-9-21(15,18)19/h4-7,11,14H,3,8-10H2,1-2H3. The van der Waals surface area contributed by atoms with E-state index in [0.29, 0.717) is 24.3 Å². The van der Waals surface area contributed by atoms with Crippen LogP contribution in [0.4, 0.5) is 11.4 Å². The quantitative estimate of drug-likeness (QED) is 0.888. The Morgan fingerprint density at radius 3 is 2.33 bits per heavy atom. The van der Waals surface area contributed by atoms with E-state index in [4.69, 9.17) is 0 Å². The average Bonchev–Trinajstić information content (AvgIpc) is 2.67. The van der Waals surface area contributed by atoms with Crippen molar-refractivity contribution in [2.45, 2.75) is 20.3 Å². The highest BCUT2D eigenvalue weighted by Crippen LogP contribution is 2.25. The normalized spacial score (nSPS) is 18.1. The maximum absolute atomic E-state index is 11.8. The Morgan fingerprint density at radius 2 is 1.86 bits per heavy atom. The van der Waals surface area contributed by atoms with Crippen molar-refractivity contribution in [2.24, 2.45) is 5.92 Å². The van der Waals surface area contributed by atoms with Crippen LogP contribution in [0.2, 0.25) is 0 Å². The fourth-order valence-corrected chi connectivity index (χ4v) is 5.31. The summed E-state index contributed by atoms with van der Waals surface area (Å²) in [7, 11) is -6.58. The van der Waals surface area contributed by atoms with Crippen molar-refractivity contribution in [2.75, 3.05) is 27.1 Å². The van der Waals surface area contributed by atoms with Crippen LogP contribution in [0.5, 0.6) is 0 Å². The van der Waals surface area contributed by atoms with Gasteiger partial charge in [0.25, 0.3) is 0 Å². The Hall–Kier alpha value is -1.28. The average molecular weight is 332 g/mol. The van der Waals surface area contributed by atoms with Gasteiger partial charge in [0.1, 0.15) is 0 Å². The van der Waals surface area contributed by atoms with E-state index in [1.54, 1.807) is 24.3 Å². The van der Waals surface area contributed by atoms with Crippen molar-refractivity contribution in [1.82, 2.24) is 0 Å². The maximum Gasteiger partial charge on any atom is 0.235 e. The van der Waals surface area contributed by atoms with Gasteiger partial charge in [0.2, 0.25) is 20.0 Å². The summed E-state index contributed by atoms with van der Waals surface area (Å²) in [6.45, 7) is 4.14. The van der Waals surface area contributed by atoms with Gasteiger partial charge in [0, 0.05) is 12.2 Å². The van der Waals surface area contributed by atoms with Crippen LogP contribution in [0.25, 0.3) is 0 Å². The molecule has 0 bridgehead atoms. The number of sulfonamides is 2. The molecule has 1 heterocycles. The van der Waals surface area contributed by atoms with Crippen molar-refractivity contribution in [3.63, 3.8) is 0 Å². The minimum Gasteiger partial charge on any atom is -0.284 e. The van der Waals surface area contributed by atoms with E-state index in [1.807, 2.05) is 13.8 Å².